The maximum Gasteiger partial charge on any atom is 0.411 e. The van der Waals surface area contributed by atoms with Crippen molar-refractivity contribution in [3.05, 3.63) is 0 Å². The van der Waals surface area contributed by atoms with Gasteiger partial charge in [-0.1, -0.05) is 0 Å². The molecule has 0 aliphatic rings. The van der Waals surface area contributed by atoms with Gasteiger partial charge in [0.15, 0.2) is 5.96 Å². The van der Waals surface area contributed by atoms with Crippen LogP contribution in [0.3, 0.4) is 0 Å². The van der Waals surface area contributed by atoms with Crippen LogP contribution in [0.4, 0.5) is 13.2 Å². The number of ether oxygens (including phenoxy) is 1. The van der Waals surface area contributed by atoms with E-state index >= 15 is 0 Å². The Kier molecular flexibility index (Phi) is 8.84. The minimum absolute atomic E-state index is 0.00594. The lowest BCUT2D eigenvalue weighted by atomic mass is 10.1. The molecule has 22 heavy (non-hydrogen) atoms. The van der Waals surface area contributed by atoms with E-state index in [9.17, 15) is 18.0 Å². The average molecular weight is 326 g/mol. The number of amides is 1. The fourth-order valence-electron chi connectivity index (χ4n) is 1.42. The molecule has 0 rings (SSSR count). The molecule has 0 bridgehead atoms. The van der Waals surface area contributed by atoms with E-state index in [0.717, 1.165) is 0 Å². The first-order valence-corrected chi connectivity index (χ1v) is 6.93. The Hall–Kier alpha value is -1.51. The van der Waals surface area contributed by atoms with E-state index in [-0.39, 0.29) is 24.6 Å². The van der Waals surface area contributed by atoms with Crippen LogP contribution in [0.25, 0.3) is 0 Å². The van der Waals surface area contributed by atoms with Crippen LogP contribution >= 0.6 is 0 Å². The van der Waals surface area contributed by atoms with Gasteiger partial charge >= 0.3 is 6.18 Å². The van der Waals surface area contributed by atoms with Crippen LogP contribution < -0.4 is 16.0 Å². The molecule has 0 unspecified atom stereocenters. The fraction of sp³-hybridized carbons (Fsp3) is 0.846. The lowest BCUT2D eigenvalue weighted by Crippen LogP contribution is -2.48. The van der Waals surface area contributed by atoms with Gasteiger partial charge in [-0.3, -0.25) is 9.79 Å². The normalized spacial score (nSPS) is 13.0. The number of aliphatic imine (C=N–C) groups is 1. The van der Waals surface area contributed by atoms with E-state index in [2.05, 4.69) is 25.7 Å². The molecule has 0 radical (unpaired) electrons. The maximum atomic E-state index is 11.8. The van der Waals surface area contributed by atoms with Gasteiger partial charge in [0.05, 0.1) is 6.54 Å². The molecule has 3 N–H and O–H groups in total. The molecule has 0 aliphatic heterocycles. The molecule has 130 valence electrons. The lowest BCUT2D eigenvalue weighted by molar-refractivity contribution is -0.173. The van der Waals surface area contributed by atoms with Crippen molar-refractivity contribution < 1.29 is 22.7 Å². The second kappa shape index (κ2) is 9.50. The summed E-state index contributed by atoms with van der Waals surface area (Å²) in [6.45, 7) is 4.82. The summed E-state index contributed by atoms with van der Waals surface area (Å²) in [7, 11) is 1.54. The summed E-state index contributed by atoms with van der Waals surface area (Å²) in [5.41, 5.74) is -0.314. The van der Waals surface area contributed by atoms with Crippen molar-refractivity contribution in [1.82, 2.24) is 16.0 Å². The number of carbonyl (C=O) groups excluding carboxylic acids is 1. The minimum atomic E-state index is -4.30. The highest BCUT2D eigenvalue weighted by Gasteiger charge is 2.27. The van der Waals surface area contributed by atoms with Gasteiger partial charge in [-0.15, -0.1) is 0 Å². The zero-order valence-electron chi connectivity index (χ0n) is 13.4. The number of alkyl halides is 3. The van der Waals surface area contributed by atoms with Crippen molar-refractivity contribution in [1.29, 1.82) is 0 Å². The van der Waals surface area contributed by atoms with E-state index in [0.29, 0.717) is 18.9 Å². The molecule has 0 saturated heterocycles. The highest BCUT2D eigenvalue weighted by molar-refractivity contribution is 5.86. The third-order valence-electron chi connectivity index (χ3n) is 2.18. The van der Waals surface area contributed by atoms with Crippen LogP contribution in [0.2, 0.25) is 0 Å². The Morgan fingerprint density at radius 1 is 1.18 bits per heavy atom. The molecular formula is C13H25F3N4O2. The first-order chi connectivity index (χ1) is 10.0. The van der Waals surface area contributed by atoms with Crippen LogP contribution in [0, 0.1) is 0 Å². The van der Waals surface area contributed by atoms with Gasteiger partial charge in [0.1, 0.15) is 6.61 Å². The number of nitrogens with zero attached hydrogens (tertiary/aromatic N) is 1. The quantitative estimate of drug-likeness (QED) is 0.371. The van der Waals surface area contributed by atoms with Crippen LogP contribution in [-0.2, 0) is 9.53 Å². The summed E-state index contributed by atoms with van der Waals surface area (Å²) >= 11 is 0. The average Bonchev–Trinajstić information content (AvgIpc) is 2.33. The molecule has 0 fully saturated rings. The predicted octanol–water partition coefficient (Wildman–Crippen LogP) is 1.04. The van der Waals surface area contributed by atoms with Crippen LogP contribution in [-0.4, -0.2) is 56.9 Å². The topological polar surface area (TPSA) is 74.8 Å². The molecule has 0 aromatic rings. The molecule has 0 saturated carbocycles. The molecule has 0 aromatic carbocycles. The zero-order chi connectivity index (χ0) is 17.2. The van der Waals surface area contributed by atoms with Gasteiger partial charge in [-0.2, -0.15) is 13.2 Å². The van der Waals surface area contributed by atoms with Crippen LogP contribution in [0.5, 0.6) is 0 Å². The highest BCUT2D eigenvalue weighted by atomic mass is 19.4. The number of hydrogen-bond donors (Lipinski definition) is 3. The van der Waals surface area contributed by atoms with E-state index in [4.69, 9.17) is 0 Å². The third-order valence-corrected chi connectivity index (χ3v) is 2.18. The molecule has 0 spiro atoms. The number of carbonyl (C=O) groups is 1. The maximum absolute atomic E-state index is 11.8. The molecule has 0 heterocycles. The third kappa shape index (κ3) is 13.5. The SMILES string of the molecule is CN=C(NCCCOCC(F)(F)F)NCC(=O)NC(C)(C)C. The van der Waals surface area contributed by atoms with Crippen molar-refractivity contribution >= 4 is 11.9 Å². The van der Waals surface area contributed by atoms with Gasteiger partial charge in [-0.25, -0.2) is 0 Å². The Balaban J connectivity index is 3.79. The van der Waals surface area contributed by atoms with Crippen molar-refractivity contribution in [2.45, 2.75) is 38.9 Å². The van der Waals surface area contributed by atoms with Gasteiger partial charge in [-0.05, 0) is 27.2 Å². The first kappa shape index (κ1) is 20.5. The second-order valence-corrected chi connectivity index (χ2v) is 5.67. The van der Waals surface area contributed by atoms with E-state index in [1.54, 1.807) is 0 Å². The number of nitrogens with one attached hydrogen (secondary N) is 3. The molecule has 0 atom stereocenters. The Morgan fingerprint density at radius 3 is 2.32 bits per heavy atom. The summed E-state index contributed by atoms with van der Waals surface area (Å²) in [5.74, 6) is 0.226. The number of rotatable bonds is 7. The molecule has 1 amide bonds. The molecule has 6 nitrogen and oxygen atoms in total. The summed E-state index contributed by atoms with van der Waals surface area (Å²) < 4.78 is 40.0. The van der Waals surface area contributed by atoms with Crippen molar-refractivity contribution in [2.24, 2.45) is 4.99 Å². The Labute approximate surface area is 128 Å². The van der Waals surface area contributed by atoms with Crippen molar-refractivity contribution in [2.75, 3.05) is 33.4 Å². The first-order valence-electron chi connectivity index (χ1n) is 6.93. The Bertz CT molecular complexity index is 365. The standard InChI is InChI=1S/C13H25F3N4O2/c1-12(2,3)20-10(21)8-19-11(17-4)18-6-5-7-22-9-13(14,15)16/h5-9H2,1-4H3,(H,20,21)(H2,17,18,19). The van der Waals surface area contributed by atoms with Crippen molar-refractivity contribution in [3.63, 3.8) is 0 Å². The van der Waals surface area contributed by atoms with Gasteiger partial charge in [0.2, 0.25) is 5.91 Å². The van der Waals surface area contributed by atoms with E-state index in [1.165, 1.54) is 7.05 Å². The van der Waals surface area contributed by atoms with Crippen LogP contribution in [0.15, 0.2) is 4.99 Å². The van der Waals surface area contributed by atoms with Gasteiger partial charge < -0.3 is 20.7 Å². The summed E-state index contributed by atoms with van der Waals surface area (Å²) in [5, 5.41) is 8.48. The van der Waals surface area contributed by atoms with E-state index in [1.807, 2.05) is 20.8 Å². The second-order valence-electron chi connectivity index (χ2n) is 5.67. The predicted molar refractivity (Wildman–Crippen MR) is 78.8 cm³/mol. The number of halogens is 3. The zero-order valence-corrected chi connectivity index (χ0v) is 13.4. The van der Waals surface area contributed by atoms with Gasteiger partial charge in [0, 0.05) is 25.7 Å². The summed E-state index contributed by atoms with van der Waals surface area (Å²) in [4.78, 5) is 15.5. The largest absolute Gasteiger partial charge is 0.411 e. The fourth-order valence-corrected chi connectivity index (χ4v) is 1.42. The minimum Gasteiger partial charge on any atom is -0.372 e. The van der Waals surface area contributed by atoms with E-state index < -0.39 is 12.8 Å². The number of guanidine groups is 1. The summed E-state index contributed by atoms with van der Waals surface area (Å²) in [6.07, 6.45) is -3.91. The Morgan fingerprint density at radius 2 is 1.82 bits per heavy atom. The monoisotopic (exact) mass is 326 g/mol. The van der Waals surface area contributed by atoms with Crippen molar-refractivity contribution in [3.8, 4) is 0 Å². The molecule has 0 aromatic heterocycles. The number of hydrogen-bond acceptors (Lipinski definition) is 3. The molecule has 9 heteroatoms. The highest BCUT2D eigenvalue weighted by Crippen LogP contribution is 2.14. The lowest BCUT2D eigenvalue weighted by Gasteiger charge is -2.21. The molecule has 0 aliphatic carbocycles. The van der Waals surface area contributed by atoms with Gasteiger partial charge in [0.25, 0.3) is 0 Å². The van der Waals surface area contributed by atoms with Crippen LogP contribution in [0.1, 0.15) is 27.2 Å². The molecular weight excluding hydrogens is 301 g/mol. The summed E-state index contributed by atoms with van der Waals surface area (Å²) in [6, 6.07) is 0. The smallest absolute Gasteiger partial charge is 0.372 e.